The van der Waals surface area contributed by atoms with Crippen LogP contribution in [0, 0.1) is 0 Å². The van der Waals surface area contributed by atoms with Crippen molar-refractivity contribution in [2.24, 2.45) is 0 Å². The van der Waals surface area contributed by atoms with E-state index < -0.39 is 30.1 Å². The Hall–Kier alpha value is -2.45. The van der Waals surface area contributed by atoms with Crippen molar-refractivity contribution in [2.45, 2.75) is 62.6 Å². The average Bonchev–Trinajstić information content (AvgIpc) is 3.27. The normalized spacial score (nSPS) is 29.2. The van der Waals surface area contributed by atoms with Crippen molar-refractivity contribution in [1.82, 2.24) is 9.80 Å². The fourth-order valence-electron chi connectivity index (χ4n) is 6.27. The number of piperazine rings is 1. The molecule has 4 atom stereocenters. The van der Waals surface area contributed by atoms with Gasteiger partial charge >= 0.3 is 6.18 Å². The summed E-state index contributed by atoms with van der Waals surface area (Å²) >= 11 is 0. The van der Waals surface area contributed by atoms with Crippen molar-refractivity contribution in [3.05, 3.63) is 70.8 Å². The third kappa shape index (κ3) is 4.25. The van der Waals surface area contributed by atoms with Gasteiger partial charge in [0.05, 0.1) is 35.9 Å². The maximum atomic E-state index is 13.4. The average molecular weight is 491 g/mol. The van der Waals surface area contributed by atoms with Crippen LogP contribution in [-0.4, -0.2) is 47.5 Å². The molecule has 2 aromatic rings. The maximum absolute atomic E-state index is 13.4. The standard InChI is InChI=1S/C27H30F4N2O2/c1-19(21-12-20(15-28)13-23(14-21)27(29,30)31)35-18-26(22-6-3-2-4-7-22)10-9-25-8-5-11-33(25)24(34)16-32(26)17-25/h2-4,6-7,12-14,19H,5,8-11,15-18H2,1H3/t19-,25+,26-/m1/s1. The molecule has 1 amide bonds. The van der Waals surface area contributed by atoms with Gasteiger partial charge in [0.2, 0.25) is 5.91 Å². The second-order valence-corrected chi connectivity index (χ2v) is 10.2. The van der Waals surface area contributed by atoms with E-state index in [2.05, 4.69) is 9.80 Å². The van der Waals surface area contributed by atoms with Crippen molar-refractivity contribution in [3.8, 4) is 0 Å². The first-order chi connectivity index (χ1) is 16.7. The van der Waals surface area contributed by atoms with Crippen LogP contribution in [0.2, 0.25) is 0 Å². The number of halogens is 4. The van der Waals surface area contributed by atoms with E-state index in [4.69, 9.17) is 4.74 Å². The van der Waals surface area contributed by atoms with Gasteiger partial charge in [-0.15, -0.1) is 0 Å². The number of amides is 1. The topological polar surface area (TPSA) is 32.8 Å². The highest BCUT2D eigenvalue weighted by Crippen LogP contribution is 2.49. The number of ether oxygens (including phenoxy) is 1. The molecule has 3 saturated heterocycles. The van der Waals surface area contributed by atoms with Crippen LogP contribution in [0.4, 0.5) is 17.6 Å². The molecule has 3 aliphatic heterocycles. The fraction of sp³-hybridized carbons (Fsp3) is 0.519. The fourth-order valence-corrected chi connectivity index (χ4v) is 6.27. The van der Waals surface area contributed by atoms with Crippen molar-refractivity contribution in [2.75, 3.05) is 26.2 Å². The Morgan fingerprint density at radius 3 is 2.57 bits per heavy atom. The van der Waals surface area contributed by atoms with Crippen LogP contribution >= 0.6 is 0 Å². The van der Waals surface area contributed by atoms with Gasteiger partial charge in [0.1, 0.15) is 6.67 Å². The minimum Gasteiger partial charge on any atom is -0.372 e. The highest BCUT2D eigenvalue weighted by atomic mass is 19.4. The zero-order valence-electron chi connectivity index (χ0n) is 19.8. The molecule has 5 rings (SSSR count). The third-order valence-corrected chi connectivity index (χ3v) is 8.17. The largest absolute Gasteiger partial charge is 0.416 e. The first kappa shape index (κ1) is 24.3. The molecule has 4 nitrogen and oxygen atoms in total. The van der Waals surface area contributed by atoms with Gasteiger partial charge in [0.25, 0.3) is 0 Å². The summed E-state index contributed by atoms with van der Waals surface area (Å²) in [7, 11) is 0. The van der Waals surface area contributed by atoms with Crippen LogP contribution in [0.25, 0.3) is 0 Å². The third-order valence-electron chi connectivity index (χ3n) is 8.17. The minimum atomic E-state index is -4.57. The molecule has 3 heterocycles. The highest BCUT2D eigenvalue weighted by Gasteiger charge is 2.57. The van der Waals surface area contributed by atoms with E-state index in [0.29, 0.717) is 12.1 Å². The lowest BCUT2D eigenvalue weighted by Crippen LogP contribution is -2.70. The van der Waals surface area contributed by atoms with E-state index in [0.717, 1.165) is 56.5 Å². The molecule has 2 aromatic carbocycles. The molecule has 3 fully saturated rings. The molecule has 0 radical (unpaired) electrons. The lowest BCUT2D eigenvalue weighted by atomic mass is 9.72. The predicted octanol–water partition coefficient (Wildman–Crippen LogP) is 5.62. The Bertz CT molecular complexity index is 1090. The molecule has 1 unspecified atom stereocenters. The Morgan fingerprint density at radius 1 is 1.09 bits per heavy atom. The number of hydrogen-bond donors (Lipinski definition) is 0. The molecule has 188 valence electrons. The first-order valence-electron chi connectivity index (χ1n) is 12.2. The van der Waals surface area contributed by atoms with Crippen LogP contribution in [-0.2, 0) is 27.9 Å². The van der Waals surface area contributed by atoms with Crippen molar-refractivity contribution >= 4 is 5.91 Å². The molecule has 0 aliphatic carbocycles. The molecule has 35 heavy (non-hydrogen) atoms. The van der Waals surface area contributed by atoms with E-state index in [1.807, 2.05) is 30.3 Å². The molecule has 2 bridgehead atoms. The second-order valence-electron chi connectivity index (χ2n) is 10.2. The Balaban J connectivity index is 1.44. The number of carbonyl (C=O) groups is 1. The van der Waals surface area contributed by atoms with E-state index in [9.17, 15) is 22.4 Å². The van der Waals surface area contributed by atoms with E-state index in [-0.39, 0.29) is 23.6 Å². The molecule has 0 aromatic heterocycles. The lowest BCUT2D eigenvalue weighted by molar-refractivity contribution is -0.164. The smallest absolute Gasteiger partial charge is 0.372 e. The summed E-state index contributed by atoms with van der Waals surface area (Å²) in [6, 6.07) is 13.2. The molecular weight excluding hydrogens is 460 g/mol. The SMILES string of the molecule is C[C@@H](OC[C@@]1(c2ccccc2)CC[C@]23CCCN2C(=O)CN1C3)c1cc(CF)cc(C(F)(F)F)c1. The monoisotopic (exact) mass is 490 g/mol. The quantitative estimate of drug-likeness (QED) is 0.493. The van der Waals surface area contributed by atoms with Gasteiger partial charge < -0.3 is 9.64 Å². The predicted molar refractivity (Wildman–Crippen MR) is 123 cm³/mol. The summed E-state index contributed by atoms with van der Waals surface area (Å²) in [5, 5.41) is 0. The number of hydrogen-bond acceptors (Lipinski definition) is 3. The molecule has 8 heteroatoms. The zero-order valence-corrected chi connectivity index (χ0v) is 19.8. The number of carbonyl (C=O) groups excluding carboxylic acids is 1. The molecular formula is C27H30F4N2O2. The van der Waals surface area contributed by atoms with Gasteiger partial charge in [-0.1, -0.05) is 36.4 Å². The van der Waals surface area contributed by atoms with Gasteiger partial charge in [-0.2, -0.15) is 13.2 Å². The summed E-state index contributed by atoms with van der Waals surface area (Å²) in [4.78, 5) is 17.3. The van der Waals surface area contributed by atoms with E-state index >= 15 is 0 Å². The number of rotatable bonds is 6. The minimum absolute atomic E-state index is 0.0226. The molecule has 1 spiro atoms. The Kier molecular flexibility index (Phi) is 6.16. The summed E-state index contributed by atoms with van der Waals surface area (Å²) in [5.41, 5.74) is -0.259. The van der Waals surface area contributed by atoms with E-state index in [1.165, 1.54) is 6.07 Å². The molecule has 3 aliphatic rings. The van der Waals surface area contributed by atoms with Crippen LogP contribution in [0.5, 0.6) is 0 Å². The molecule has 0 saturated carbocycles. The number of benzene rings is 2. The number of nitrogens with zero attached hydrogens (tertiary/aromatic N) is 2. The first-order valence-corrected chi connectivity index (χ1v) is 12.2. The summed E-state index contributed by atoms with van der Waals surface area (Å²) in [6.07, 6.45) is -1.60. The summed E-state index contributed by atoms with van der Waals surface area (Å²) in [5.74, 6) is 0.132. The zero-order chi connectivity index (χ0) is 24.8. The van der Waals surface area contributed by atoms with Crippen LogP contribution < -0.4 is 0 Å². The number of fused-ring (bicyclic) bond motifs is 1. The molecule has 0 N–H and O–H groups in total. The van der Waals surface area contributed by atoms with Crippen LogP contribution in [0.3, 0.4) is 0 Å². The van der Waals surface area contributed by atoms with E-state index in [1.54, 1.807) is 6.92 Å². The Morgan fingerprint density at radius 2 is 1.86 bits per heavy atom. The van der Waals surface area contributed by atoms with Gasteiger partial charge in [0.15, 0.2) is 0 Å². The van der Waals surface area contributed by atoms with Gasteiger partial charge in [0, 0.05) is 13.1 Å². The van der Waals surface area contributed by atoms with Gasteiger partial charge in [-0.25, -0.2) is 4.39 Å². The van der Waals surface area contributed by atoms with Crippen LogP contribution in [0.1, 0.15) is 61.0 Å². The lowest BCUT2D eigenvalue weighted by Gasteiger charge is -2.59. The number of alkyl halides is 4. The van der Waals surface area contributed by atoms with Crippen LogP contribution in [0.15, 0.2) is 48.5 Å². The Labute approximate surface area is 202 Å². The number of piperidine rings is 1. The second kappa shape index (κ2) is 8.89. The highest BCUT2D eigenvalue weighted by molar-refractivity contribution is 5.81. The maximum Gasteiger partial charge on any atom is 0.416 e. The van der Waals surface area contributed by atoms with Gasteiger partial charge in [-0.3, -0.25) is 9.69 Å². The van der Waals surface area contributed by atoms with Crippen molar-refractivity contribution < 1.29 is 27.1 Å². The summed E-state index contributed by atoms with van der Waals surface area (Å²) in [6.45, 7) is 2.81. The van der Waals surface area contributed by atoms with Crippen molar-refractivity contribution in [3.63, 3.8) is 0 Å². The van der Waals surface area contributed by atoms with Crippen molar-refractivity contribution in [1.29, 1.82) is 0 Å². The summed E-state index contributed by atoms with van der Waals surface area (Å²) < 4.78 is 59.8. The van der Waals surface area contributed by atoms with Gasteiger partial charge in [-0.05, 0) is 61.4 Å².